The molecule has 0 radical (unpaired) electrons. The predicted molar refractivity (Wildman–Crippen MR) is 42.2 cm³/mol. The van der Waals surface area contributed by atoms with E-state index in [1.165, 1.54) is 13.2 Å². The van der Waals surface area contributed by atoms with Gasteiger partial charge < -0.3 is 9.47 Å². The molecule has 0 amide bonds. The van der Waals surface area contributed by atoms with E-state index in [2.05, 4.69) is 14.5 Å². The standard InChI is InChI=1S/C8H5F3N2O2/c1-14-6-2-5(4-12)3-7(13-6)15-8(9,10)11/h2-3H,1H3. The summed E-state index contributed by atoms with van der Waals surface area (Å²) in [7, 11) is 1.22. The minimum atomic E-state index is -4.84. The SMILES string of the molecule is COc1cc(C#N)cc(OC(F)(F)F)n1. The zero-order valence-electron chi connectivity index (χ0n) is 7.50. The Kier molecular flexibility index (Phi) is 2.99. The lowest BCUT2D eigenvalue weighted by molar-refractivity contribution is -0.276. The van der Waals surface area contributed by atoms with Crippen molar-refractivity contribution in [3.63, 3.8) is 0 Å². The van der Waals surface area contributed by atoms with E-state index in [1.54, 1.807) is 6.07 Å². The van der Waals surface area contributed by atoms with Crippen LogP contribution in [0.2, 0.25) is 0 Å². The van der Waals surface area contributed by atoms with E-state index in [4.69, 9.17) is 5.26 Å². The number of alkyl halides is 3. The number of aromatic nitrogens is 1. The molecular weight excluding hydrogens is 213 g/mol. The Labute approximate surface area is 82.9 Å². The summed E-state index contributed by atoms with van der Waals surface area (Å²) in [5.74, 6) is -0.841. The molecule has 7 heteroatoms. The van der Waals surface area contributed by atoms with Gasteiger partial charge in [-0.1, -0.05) is 0 Å². The van der Waals surface area contributed by atoms with Gasteiger partial charge in [-0.05, 0) is 0 Å². The third-order valence-electron chi connectivity index (χ3n) is 1.34. The number of hydrogen-bond acceptors (Lipinski definition) is 4. The molecule has 4 nitrogen and oxygen atoms in total. The van der Waals surface area contributed by atoms with E-state index in [-0.39, 0.29) is 11.4 Å². The molecule has 80 valence electrons. The van der Waals surface area contributed by atoms with Gasteiger partial charge in [-0.25, -0.2) is 0 Å². The van der Waals surface area contributed by atoms with E-state index < -0.39 is 12.2 Å². The van der Waals surface area contributed by atoms with Crippen molar-refractivity contribution in [3.05, 3.63) is 17.7 Å². The fraction of sp³-hybridized carbons (Fsp3) is 0.250. The lowest BCUT2D eigenvalue weighted by Gasteiger charge is -2.08. The van der Waals surface area contributed by atoms with E-state index in [0.717, 1.165) is 6.07 Å². The first-order valence-electron chi connectivity index (χ1n) is 3.66. The molecule has 0 fully saturated rings. The average Bonchev–Trinajstić information content (AvgIpc) is 2.14. The molecule has 0 aliphatic heterocycles. The Morgan fingerprint density at radius 1 is 1.33 bits per heavy atom. The maximum absolute atomic E-state index is 11.8. The van der Waals surface area contributed by atoms with Crippen LogP contribution in [0.1, 0.15) is 5.56 Å². The number of pyridine rings is 1. The molecule has 0 aliphatic carbocycles. The lowest BCUT2D eigenvalue weighted by atomic mass is 10.3. The van der Waals surface area contributed by atoms with Gasteiger partial charge in [0.2, 0.25) is 11.8 Å². The number of hydrogen-bond donors (Lipinski definition) is 0. The van der Waals surface area contributed by atoms with Gasteiger partial charge in [0, 0.05) is 12.1 Å². The van der Waals surface area contributed by atoms with Crippen LogP contribution in [0.5, 0.6) is 11.8 Å². The minimum absolute atomic E-state index is 0.0268. The fourth-order valence-electron chi connectivity index (χ4n) is 0.821. The highest BCUT2D eigenvalue weighted by atomic mass is 19.4. The molecule has 0 spiro atoms. The highest BCUT2D eigenvalue weighted by Crippen LogP contribution is 2.24. The molecule has 0 bridgehead atoms. The van der Waals surface area contributed by atoms with Gasteiger partial charge in [-0.2, -0.15) is 10.2 Å². The number of nitrogens with zero attached hydrogens (tertiary/aromatic N) is 2. The molecule has 1 aromatic heterocycles. The monoisotopic (exact) mass is 218 g/mol. The van der Waals surface area contributed by atoms with Crippen molar-refractivity contribution in [2.75, 3.05) is 7.11 Å². The second kappa shape index (κ2) is 4.04. The van der Waals surface area contributed by atoms with Gasteiger partial charge in [0.15, 0.2) is 0 Å². The van der Waals surface area contributed by atoms with Crippen LogP contribution in [-0.4, -0.2) is 18.5 Å². The van der Waals surface area contributed by atoms with E-state index >= 15 is 0 Å². The van der Waals surface area contributed by atoms with Crippen molar-refractivity contribution < 1.29 is 22.6 Å². The molecule has 1 aromatic rings. The Hall–Kier alpha value is -1.97. The Morgan fingerprint density at radius 2 is 1.93 bits per heavy atom. The first kappa shape index (κ1) is 11.1. The van der Waals surface area contributed by atoms with Crippen LogP contribution in [0.25, 0.3) is 0 Å². The predicted octanol–water partition coefficient (Wildman–Crippen LogP) is 1.86. The van der Waals surface area contributed by atoms with Gasteiger partial charge in [-0.3, -0.25) is 0 Å². The topological polar surface area (TPSA) is 55.1 Å². The second-order valence-corrected chi connectivity index (χ2v) is 2.40. The summed E-state index contributed by atoms with van der Waals surface area (Å²) in [5.41, 5.74) is -0.0268. The van der Waals surface area contributed by atoms with Gasteiger partial charge in [0.05, 0.1) is 18.7 Å². The quantitative estimate of drug-likeness (QED) is 0.760. The van der Waals surface area contributed by atoms with Crippen molar-refractivity contribution in [1.82, 2.24) is 4.98 Å². The van der Waals surface area contributed by atoms with Crippen molar-refractivity contribution in [3.8, 4) is 17.8 Å². The molecular formula is C8H5F3N2O2. The maximum atomic E-state index is 11.8. The summed E-state index contributed by atoms with van der Waals surface area (Å²) in [6, 6.07) is 3.73. The van der Waals surface area contributed by atoms with Crippen LogP contribution in [0, 0.1) is 11.3 Å². The maximum Gasteiger partial charge on any atom is 0.574 e. The van der Waals surface area contributed by atoms with Crippen LogP contribution in [0.4, 0.5) is 13.2 Å². The molecule has 0 unspecified atom stereocenters. The lowest BCUT2D eigenvalue weighted by Crippen LogP contribution is -2.18. The first-order chi connectivity index (χ1) is 6.94. The number of rotatable bonds is 2. The van der Waals surface area contributed by atoms with Crippen molar-refractivity contribution in [2.45, 2.75) is 6.36 Å². The molecule has 0 saturated heterocycles. The number of ether oxygens (including phenoxy) is 2. The largest absolute Gasteiger partial charge is 0.574 e. The summed E-state index contributed by atoms with van der Waals surface area (Å²) in [6.45, 7) is 0. The van der Waals surface area contributed by atoms with Crippen molar-refractivity contribution in [1.29, 1.82) is 5.26 Å². The molecule has 0 aromatic carbocycles. The second-order valence-electron chi connectivity index (χ2n) is 2.40. The molecule has 15 heavy (non-hydrogen) atoms. The van der Waals surface area contributed by atoms with E-state index in [1.807, 2.05) is 0 Å². The summed E-state index contributed by atoms with van der Waals surface area (Å²) in [6.07, 6.45) is -4.84. The van der Waals surface area contributed by atoms with Crippen molar-refractivity contribution >= 4 is 0 Å². The third-order valence-corrected chi connectivity index (χ3v) is 1.34. The summed E-state index contributed by atoms with van der Waals surface area (Å²) < 4.78 is 43.6. The normalized spacial score (nSPS) is 10.6. The zero-order chi connectivity index (χ0) is 11.5. The third kappa shape index (κ3) is 3.34. The Bertz CT molecular complexity index is 398. The summed E-state index contributed by atoms with van der Waals surface area (Å²) >= 11 is 0. The Morgan fingerprint density at radius 3 is 2.40 bits per heavy atom. The molecule has 0 saturated carbocycles. The molecule has 0 N–H and O–H groups in total. The van der Waals surface area contributed by atoms with Crippen LogP contribution in [0.15, 0.2) is 12.1 Å². The molecule has 1 rings (SSSR count). The van der Waals surface area contributed by atoms with Crippen molar-refractivity contribution in [2.24, 2.45) is 0 Å². The van der Waals surface area contributed by atoms with Gasteiger partial charge in [0.1, 0.15) is 0 Å². The van der Waals surface area contributed by atoms with Gasteiger partial charge >= 0.3 is 6.36 Å². The average molecular weight is 218 g/mol. The Balaban J connectivity index is 3.03. The molecule has 1 heterocycles. The van der Waals surface area contributed by atoms with Crippen LogP contribution in [0.3, 0.4) is 0 Å². The summed E-state index contributed by atoms with van der Waals surface area (Å²) in [5, 5.41) is 8.51. The van der Waals surface area contributed by atoms with Gasteiger partial charge in [-0.15, -0.1) is 13.2 Å². The smallest absolute Gasteiger partial charge is 0.481 e. The fourth-order valence-corrected chi connectivity index (χ4v) is 0.821. The van der Waals surface area contributed by atoms with Crippen LogP contribution >= 0.6 is 0 Å². The van der Waals surface area contributed by atoms with E-state index in [0.29, 0.717) is 0 Å². The van der Waals surface area contributed by atoms with Crippen LogP contribution in [-0.2, 0) is 0 Å². The van der Waals surface area contributed by atoms with E-state index in [9.17, 15) is 13.2 Å². The molecule has 0 aliphatic rings. The number of methoxy groups -OCH3 is 1. The molecule has 0 atom stereocenters. The summed E-state index contributed by atoms with van der Waals surface area (Å²) in [4.78, 5) is 3.37. The van der Waals surface area contributed by atoms with Gasteiger partial charge in [0.25, 0.3) is 0 Å². The number of nitriles is 1. The highest BCUT2D eigenvalue weighted by Gasteiger charge is 2.32. The van der Waals surface area contributed by atoms with Crippen LogP contribution < -0.4 is 9.47 Å². The minimum Gasteiger partial charge on any atom is -0.481 e. The first-order valence-corrected chi connectivity index (χ1v) is 3.66. The number of halogens is 3. The highest BCUT2D eigenvalue weighted by molar-refractivity contribution is 5.36. The zero-order valence-corrected chi connectivity index (χ0v) is 7.50.